The summed E-state index contributed by atoms with van der Waals surface area (Å²) >= 11 is 19.3. The van der Waals surface area contributed by atoms with E-state index in [1.807, 2.05) is 53.4 Å². The number of carbonyl (C=O) groups excluding carboxylic acids is 1. The molecule has 7 heteroatoms. The van der Waals surface area contributed by atoms with Crippen molar-refractivity contribution in [3.8, 4) is 5.75 Å². The molecule has 0 aliphatic carbocycles. The summed E-state index contributed by atoms with van der Waals surface area (Å²) in [6.45, 7) is 5.25. The zero-order valence-corrected chi connectivity index (χ0v) is 22.7. The van der Waals surface area contributed by atoms with Crippen molar-refractivity contribution in [3.05, 3.63) is 90.3 Å². The van der Waals surface area contributed by atoms with Crippen molar-refractivity contribution in [2.45, 2.75) is 20.5 Å². The fourth-order valence-electron chi connectivity index (χ4n) is 3.74. The van der Waals surface area contributed by atoms with Crippen molar-refractivity contribution < 1.29 is 9.53 Å². The maximum Gasteiger partial charge on any atom is 0.259 e. The number of para-hydroxylation sites is 1. The first kappa shape index (κ1) is 24.3. The van der Waals surface area contributed by atoms with Crippen LogP contribution in [0.25, 0.3) is 11.6 Å². The molecule has 0 saturated heterocycles. The van der Waals surface area contributed by atoms with Gasteiger partial charge in [0.1, 0.15) is 12.4 Å². The summed E-state index contributed by atoms with van der Waals surface area (Å²) in [5.74, 6) is 1.07. The van der Waals surface area contributed by atoms with Crippen LogP contribution in [0.15, 0.2) is 63.5 Å². The summed E-state index contributed by atoms with van der Waals surface area (Å²) in [7, 11) is 0. The Morgan fingerprint density at radius 3 is 2.36 bits per heavy atom. The summed E-state index contributed by atoms with van der Waals surface area (Å²) < 4.78 is 7.58. The van der Waals surface area contributed by atoms with Gasteiger partial charge < -0.3 is 9.64 Å². The van der Waals surface area contributed by atoms with Crippen LogP contribution in [0.4, 0.5) is 5.69 Å². The van der Waals surface area contributed by atoms with E-state index in [1.54, 1.807) is 12.1 Å². The summed E-state index contributed by atoms with van der Waals surface area (Å²) in [5, 5.41) is 1.00. The van der Waals surface area contributed by atoms with Crippen LogP contribution in [0.3, 0.4) is 0 Å². The van der Waals surface area contributed by atoms with E-state index in [1.165, 1.54) is 0 Å². The fourth-order valence-corrected chi connectivity index (χ4v) is 5.52. The van der Waals surface area contributed by atoms with E-state index in [4.69, 9.17) is 27.9 Å². The Balaban J connectivity index is 1.61. The molecule has 170 valence electrons. The third-order valence-corrected chi connectivity index (χ3v) is 7.12. The van der Waals surface area contributed by atoms with Crippen molar-refractivity contribution in [1.82, 2.24) is 0 Å². The molecular formula is C26H21Br2Cl2NO2. The Labute approximate surface area is 220 Å². The number of hydrogen-bond donors (Lipinski definition) is 0. The van der Waals surface area contributed by atoms with E-state index in [0.29, 0.717) is 40.4 Å². The number of rotatable bonds is 6. The molecule has 0 radical (unpaired) electrons. The summed E-state index contributed by atoms with van der Waals surface area (Å²) in [4.78, 5) is 15.1. The second-order valence-corrected chi connectivity index (χ2v) is 10.8. The number of nitrogens with zero attached hydrogens (tertiary/aromatic N) is 1. The lowest BCUT2D eigenvalue weighted by Gasteiger charge is -2.19. The Morgan fingerprint density at radius 2 is 1.70 bits per heavy atom. The van der Waals surface area contributed by atoms with E-state index in [9.17, 15) is 4.79 Å². The molecule has 3 aromatic rings. The van der Waals surface area contributed by atoms with Gasteiger partial charge in [-0.2, -0.15) is 0 Å². The molecule has 0 atom stereocenters. The fraction of sp³-hybridized carbons (Fsp3) is 0.192. The average Bonchev–Trinajstić information content (AvgIpc) is 3.01. The Hall–Kier alpha value is -1.79. The van der Waals surface area contributed by atoms with Crippen LogP contribution in [0.5, 0.6) is 5.75 Å². The number of amides is 1. The van der Waals surface area contributed by atoms with Crippen LogP contribution >= 0.6 is 55.1 Å². The van der Waals surface area contributed by atoms with E-state index in [0.717, 1.165) is 31.3 Å². The molecule has 0 bridgehead atoms. The van der Waals surface area contributed by atoms with Gasteiger partial charge in [0.2, 0.25) is 0 Å². The first-order valence-electron chi connectivity index (χ1n) is 10.4. The monoisotopic (exact) mass is 607 g/mol. The Morgan fingerprint density at radius 1 is 1.00 bits per heavy atom. The minimum atomic E-state index is 0.0251. The van der Waals surface area contributed by atoms with Gasteiger partial charge in [-0.3, -0.25) is 4.79 Å². The topological polar surface area (TPSA) is 29.5 Å². The average molecular weight is 610 g/mol. The zero-order valence-electron chi connectivity index (χ0n) is 18.0. The summed E-state index contributed by atoms with van der Waals surface area (Å²) in [6, 6.07) is 17.2. The highest BCUT2D eigenvalue weighted by Gasteiger charge is 2.32. The summed E-state index contributed by atoms with van der Waals surface area (Å²) in [5.41, 5.74) is 4.40. The van der Waals surface area contributed by atoms with E-state index >= 15 is 0 Å². The van der Waals surface area contributed by atoms with E-state index in [2.05, 4.69) is 45.7 Å². The maximum absolute atomic E-state index is 13.2. The summed E-state index contributed by atoms with van der Waals surface area (Å²) in [6.07, 6.45) is 1.93. The maximum atomic E-state index is 13.2. The van der Waals surface area contributed by atoms with Gasteiger partial charge in [-0.05, 0) is 85.3 Å². The molecule has 33 heavy (non-hydrogen) atoms. The van der Waals surface area contributed by atoms with Crippen LogP contribution in [-0.4, -0.2) is 12.5 Å². The van der Waals surface area contributed by atoms with Crippen LogP contribution in [0, 0.1) is 5.92 Å². The van der Waals surface area contributed by atoms with Gasteiger partial charge in [-0.15, -0.1) is 0 Å². The van der Waals surface area contributed by atoms with Gasteiger partial charge in [0, 0.05) is 17.7 Å². The third-order valence-electron chi connectivity index (χ3n) is 5.21. The first-order chi connectivity index (χ1) is 15.7. The molecule has 1 amide bonds. The zero-order chi connectivity index (χ0) is 23.7. The van der Waals surface area contributed by atoms with Crippen LogP contribution in [0.2, 0.25) is 10.0 Å². The minimum Gasteiger partial charge on any atom is -0.487 e. The van der Waals surface area contributed by atoms with Crippen LogP contribution in [0.1, 0.15) is 30.5 Å². The Bertz CT molecular complexity index is 1230. The molecule has 1 aliphatic rings. The molecule has 1 aliphatic heterocycles. The van der Waals surface area contributed by atoms with Gasteiger partial charge in [-0.25, -0.2) is 0 Å². The quantitative estimate of drug-likeness (QED) is 0.262. The van der Waals surface area contributed by atoms with Gasteiger partial charge in [0.25, 0.3) is 5.91 Å². The second kappa shape index (κ2) is 10.2. The highest BCUT2D eigenvalue weighted by atomic mass is 79.9. The van der Waals surface area contributed by atoms with Gasteiger partial charge >= 0.3 is 0 Å². The number of hydrogen-bond acceptors (Lipinski definition) is 2. The van der Waals surface area contributed by atoms with Gasteiger partial charge in [0.05, 0.1) is 24.7 Å². The lowest BCUT2D eigenvalue weighted by atomic mass is 10.0. The Kier molecular flexibility index (Phi) is 7.54. The molecule has 0 saturated carbocycles. The SMILES string of the molecule is CC(C)CN1C(=O)/C(=C\c2cc(Br)c(OCc3ccc(Cl)c(Cl)c3)c(Br)c2)c2ccccc21. The van der Waals surface area contributed by atoms with Crippen LogP contribution < -0.4 is 9.64 Å². The molecule has 0 unspecified atom stereocenters. The number of carbonyl (C=O) groups is 1. The molecule has 0 N–H and O–H groups in total. The second-order valence-electron chi connectivity index (χ2n) is 8.24. The molecule has 3 aromatic carbocycles. The molecule has 1 heterocycles. The van der Waals surface area contributed by atoms with Crippen molar-refractivity contribution in [2.24, 2.45) is 5.92 Å². The molecule has 4 rings (SSSR count). The lowest BCUT2D eigenvalue weighted by molar-refractivity contribution is -0.113. The van der Waals surface area contributed by atoms with Crippen molar-refractivity contribution >= 4 is 78.3 Å². The highest BCUT2D eigenvalue weighted by molar-refractivity contribution is 9.11. The van der Waals surface area contributed by atoms with Crippen molar-refractivity contribution in [3.63, 3.8) is 0 Å². The van der Waals surface area contributed by atoms with E-state index in [-0.39, 0.29) is 5.91 Å². The van der Waals surface area contributed by atoms with E-state index < -0.39 is 0 Å². The smallest absolute Gasteiger partial charge is 0.259 e. The largest absolute Gasteiger partial charge is 0.487 e. The van der Waals surface area contributed by atoms with Gasteiger partial charge in [0.15, 0.2) is 0 Å². The number of ether oxygens (including phenoxy) is 1. The predicted molar refractivity (Wildman–Crippen MR) is 144 cm³/mol. The number of anilines is 1. The molecule has 0 fully saturated rings. The normalized spacial score (nSPS) is 14.3. The molecule has 0 aromatic heterocycles. The van der Waals surface area contributed by atoms with Crippen molar-refractivity contribution in [1.29, 1.82) is 0 Å². The van der Waals surface area contributed by atoms with Crippen molar-refractivity contribution in [2.75, 3.05) is 11.4 Å². The number of benzene rings is 3. The van der Waals surface area contributed by atoms with Gasteiger partial charge in [-0.1, -0.05) is 61.3 Å². The molecule has 3 nitrogen and oxygen atoms in total. The predicted octanol–water partition coefficient (Wildman–Crippen LogP) is 8.64. The minimum absolute atomic E-state index is 0.0251. The number of halogens is 4. The third kappa shape index (κ3) is 5.32. The highest BCUT2D eigenvalue weighted by Crippen LogP contribution is 2.40. The standard InChI is InChI=1S/C26H21Br2Cl2NO2/c1-15(2)13-31-24-6-4-3-5-18(24)19(26(31)32)9-17-10-20(27)25(21(28)11-17)33-14-16-7-8-22(29)23(30)12-16/h3-12,15H,13-14H2,1-2H3/b19-9-. The lowest BCUT2D eigenvalue weighted by Crippen LogP contribution is -2.30. The molecule has 0 spiro atoms. The first-order valence-corrected chi connectivity index (χ1v) is 12.8. The van der Waals surface area contributed by atoms with Crippen LogP contribution in [-0.2, 0) is 11.4 Å². The molecular weight excluding hydrogens is 589 g/mol. The number of fused-ring (bicyclic) bond motifs is 1.